The van der Waals surface area contributed by atoms with E-state index in [9.17, 15) is 9.59 Å². The van der Waals surface area contributed by atoms with Crippen LogP contribution in [0.4, 0.5) is 0 Å². The average molecular weight is 160 g/mol. The minimum atomic E-state index is -1.09. The summed E-state index contributed by atoms with van der Waals surface area (Å²) in [5.41, 5.74) is 10.4. The predicted molar refractivity (Wildman–Crippen MR) is 38.9 cm³/mol. The molecule has 0 heterocycles. The molecule has 0 aliphatic carbocycles. The number of carboxylic acids is 1. The molecule has 0 amide bonds. The third kappa shape index (κ3) is 3.69. The number of hydrogen-bond donors (Lipinski definition) is 3. The van der Waals surface area contributed by atoms with Gasteiger partial charge in [0.05, 0.1) is 18.5 Å². The predicted octanol–water partition coefficient (Wildman–Crippen LogP) is -1.30. The minimum absolute atomic E-state index is 0.361. The molecule has 0 bridgehead atoms. The largest absolute Gasteiger partial charge is 0.481 e. The third-order valence-corrected chi connectivity index (χ3v) is 1.21. The van der Waals surface area contributed by atoms with Crippen molar-refractivity contribution in [1.29, 1.82) is 0 Å². The highest BCUT2D eigenvalue weighted by Gasteiger charge is 2.19. The molecule has 5 N–H and O–H groups in total. The molecule has 0 spiro atoms. The summed E-state index contributed by atoms with van der Waals surface area (Å²) in [6.07, 6.45) is -0.361. The van der Waals surface area contributed by atoms with Crippen LogP contribution < -0.4 is 11.5 Å². The van der Waals surface area contributed by atoms with E-state index in [4.69, 9.17) is 16.6 Å². The van der Waals surface area contributed by atoms with Crippen molar-refractivity contribution in [3.05, 3.63) is 0 Å². The Kier molecular flexibility index (Phi) is 3.70. The zero-order valence-corrected chi connectivity index (χ0v) is 6.28. The normalized spacial score (nSPS) is 15.5. The van der Waals surface area contributed by atoms with E-state index in [-0.39, 0.29) is 6.42 Å². The van der Waals surface area contributed by atoms with E-state index in [1.165, 1.54) is 6.92 Å². The molecule has 0 fully saturated rings. The van der Waals surface area contributed by atoms with Crippen molar-refractivity contribution < 1.29 is 14.7 Å². The van der Waals surface area contributed by atoms with Gasteiger partial charge in [-0.15, -0.1) is 0 Å². The number of rotatable bonds is 4. The molecule has 64 valence electrons. The van der Waals surface area contributed by atoms with Crippen LogP contribution in [0.2, 0.25) is 0 Å². The summed E-state index contributed by atoms with van der Waals surface area (Å²) in [7, 11) is 0. The Bertz CT molecular complexity index is 167. The van der Waals surface area contributed by atoms with Gasteiger partial charge in [0.2, 0.25) is 0 Å². The maximum absolute atomic E-state index is 10.9. The summed E-state index contributed by atoms with van der Waals surface area (Å²) < 4.78 is 0. The van der Waals surface area contributed by atoms with Gasteiger partial charge in [0.15, 0.2) is 5.78 Å². The molecule has 0 aromatic rings. The van der Waals surface area contributed by atoms with E-state index in [0.717, 1.165) is 0 Å². The summed E-state index contributed by atoms with van der Waals surface area (Å²) in [5.74, 6) is -1.51. The molecule has 11 heavy (non-hydrogen) atoms. The Hall–Kier alpha value is -0.940. The van der Waals surface area contributed by atoms with E-state index < -0.39 is 23.8 Å². The van der Waals surface area contributed by atoms with Gasteiger partial charge < -0.3 is 16.6 Å². The summed E-state index contributed by atoms with van der Waals surface area (Å²) >= 11 is 0. The molecule has 0 rings (SSSR count). The van der Waals surface area contributed by atoms with Crippen molar-refractivity contribution in [3.8, 4) is 0 Å². The summed E-state index contributed by atoms with van der Waals surface area (Å²) in [6, 6.07) is -1.67. The Morgan fingerprint density at radius 1 is 1.45 bits per heavy atom. The lowest BCUT2D eigenvalue weighted by Gasteiger charge is -2.09. The van der Waals surface area contributed by atoms with Gasteiger partial charge in [-0.25, -0.2) is 0 Å². The second kappa shape index (κ2) is 4.05. The number of Topliss-reactive ketones (excluding diaryl/α,β-unsaturated/α-hetero) is 1. The Labute approximate surface area is 64.4 Å². The number of aliphatic carboxylic acids is 1. The lowest BCUT2D eigenvalue weighted by Crippen LogP contribution is -2.42. The second-order valence-corrected chi connectivity index (χ2v) is 2.40. The van der Waals surface area contributed by atoms with Gasteiger partial charge in [-0.2, -0.15) is 0 Å². The van der Waals surface area contributed by atoms with Crippen LogP contribution >= 0.6 is 0 Å². The maximum atomic E-state index is 10.9. The quantitative estimate of drug-likeness (QED) is 0.474. The van der Waals surface area contributed by atoms with E-state index in [1.54, 1.807) is 0 Å². The molecule has 0 aliphatic rings. The lowest BCUT2D eigenvalue weighted by molar-refractivity contribution is -0.139. The summed E-state index contributed by atoms with van der Waals surface area (Å²) in [4.78, 5) is 20.9. The Balaban J connectivity index is 3.93. The molecule has 0 saturated carbocycles. The number of carbonyl (C=O) groups excluding carboxylic acids is 1. The molecular formula is C6H12N2O3. The fraction of sp³-hybridized carbons (Fsp3) is 0.667. The van der Waals surface area contributed by atoms with Crippen LogP contribution in [0.1, 0.15) is 13.3 Å². The highest BCUT2D eigenvalue weighted by molar-refractivity contribution is 5.91. The van der Waals surface area contributed by atoms with E-state index in [0.29, 0.717) is 0 Å². The van der Waals surface area contributed by atoms with Gasteiger partial charge in [-0.05, 0) is 6.92 Å². The van der Waals surface area contributed by atoms with Crippen LogP contribution in [-0.4, -0.2) is 28.9 Å². The van der Waals surface area contributed by atoms with Gasteiger partial charge >= 0.3 is 5.97 Å². The first-order valence-electron chi connectivity index (χ1n) is 3.22. The van der Waals surface area contributed by atoms with Gasteiger partial charge in [0.1, 0.15) is 0 Å². The number of hydrogen-bond acceptors (Lipinski definition) is 4. The van der Waals surface area contributed by atoms with Crippen LogP contribution in [0, 0.1) is 0 Å². The molecule has 0 saturated heterocycles. The topological polar surface area (TPSA) is 106 Å². The zero-order valence-electron chi connectivity index (χ0n) is 6.28. The monoisotopic (exact) mass is 160 g/mol. The zero-order chi connectivity index (χ0) is 9.02. The fourth-order valence-corrected chi connectivity index (χ4v) is 0.626. The Morgan fingerprint density at radius 2 is 1.91 bits per heavy atom. The van der Waals surface area contributed by atoms with Crippen LogP contribution in [0.15, 0.2) is 0 Å². The SMILES string of the molecule is CC(N)C(=O)[C@@H](N)CC(=O)O. The van der Waals surface area contributed by atoms with Crippen molar-refractivity contribution in [1.82, 2.24) is 0 Å². The van der Waals surface area contributed by atoms with E-state index in [1.807, 2.05) is 0 Å². The first kappa shape index (κ1) is 10.1. The molecule has 5 heteroatoms. The van der Waals surface area contributed by atoms with Crippen molar-refractivity contribution in [2.24, 2.45) is 11.5 Å². The van der Waals surface area contributed by atoms with E-state index in [2.05, 4.69) is 0 Å². The fourth-order valence-electron chi connectivity index (χ4n) is 0.626. The minimum Gasteiger partial charge on any atom is -0.481 e. The number of nitrogens with two attached hydrogens (primary N) is 2. The first-order valence-corrected chi connectivity index (χ1v) is 3.22. The third-order valence-electron chi connectivity index (χ3n) is 1.21. The lowest BCUT2D eigenvalue weighted by atomic mass is 10.1. The average Bonchev–Trinajstić information content (AvgIpc) is 1.84. The van der Waals surface area contributed by atoms with Crippen LogP contribution in [0.5, 0.6) is 0 Å². The number of carbonyl (C=O) groups is 2. The highest BCUT2D eigenvalue weighted by atomic mass is 16.4. The van der Waals surface area contributed by atoms with Crippen molar-refractivity contribution in [3.63, 3.8) is 0 Å². The van der Waals surface area contributed by atoms with E-state index >= 15 is 0 Å². The van der Waals surface area contributed by atoms with Gasteiger partial charge in [0, 0.05) is 0 Å². The number of carboxylic acid groups (broad SMARTS) is 1. The second-order valence-electron chi connectivity index (χ2n) is 2.40. The van der Waals surface area contributed by atoms with Crippen LogP contribution in [0.25, 0.3) is 0 Å². The highest BCUT2D eigenvalue weighted by Crippen LogP contribution is 1.92. The number of ketones is 1. The maximum Gasteiger partial charge on any atom is 0.305 e. The van der Waals surface area contributed by atoms with Gasteiger partial charge in [0.25, 0.3) is 0 Å². The molecule has 0 aromatic carbocycles. The van der Waals surface area contributed by atoms with Gasteiger partial charge in [-0.3, -0.25) is 9.59 Å². The van der Waals surface area contributed by atoms with Crippen molar-refractivity contribution >= 4 is 11.8 Å². The molecule has 0 aliphatic heterocycles. The van der Waals surface area contributed by atoms with Crippen molar-refractivity contribution in [2.45, 2.75) is 25.4 Å². The smallest absolute Gasteiger partial charge is 0.305 e. The van der Waals surface area contributed by atoms with Crippen LogP contribution in [-0.2, 0) is 9.59 Å². The van der Waals surface area contributed by atoms with Gasteiger partial charge in [-0.1, -0.05) is 0 Å². The molecule has 0 aromatic heterocycles. The first-order chi connectivity index (χ1) is 4.95. The summed E-state index contributed by atoms with van der Waals surface area (Å²) in [6.45, 7) is 1.48. The Morgan fingerprint density at radius 3 is 2.18 bits per heavy atom. The van der Waals surface area contributed by atoms with Crippen molar-refractivity contribution in [2.75, 3.05) is 0 Å². The standard InChI is InChI=1S/C6H12N2O3/c1-3(7)6(11)4(8)2-5(9)10/h3-4H,2,7-8H2,1H3,(H,9,10)/t3?,4-/m0/s1. The molecular weight excluding hydrogens is 148 g/mol. The molecule has 2 atom stereocenters. The summed E-state index contributed by atoms with van der Waals surface area (Å²) in [5, 5.41) is 8.24. The molecule has 5 nitrogen and oxygen atoms in total. The molecule has 0 radical (unpaired) electrons. The van der Waals surface area contributed by atoms with Crippen LogP contribution in [0.3, 0.4) is 0 Å². The molecule has 1 unspecified atom stereocenters.